The second kappa shape index (κ2) is 17.4. The Morgan fingerprint density at radius 3 is 0.836 bits per heavy atom. The smallest absolute Gasteiger partial charge is 0.0803 e. The van der Waals surface area contributed by atoms with Crippen molar-refractivity contribution in [2.24, 2.45) is 0 Å². The summed E-state index contributed by atoms with van der Waals surface area (Å²) in [5.41, 5.74) is 14.5. The van der Waals surface area contributed by atoms with Crippen molar-refractivity contribution in [1.82, 2.24) is 18.3 Å². The SMILES string of the molecule is BrBr.Brc1ccc2c(c1)n(-c1ccccc1)c1c3ccc(Br)cc3n(-c3ccccc3)c21.C.[HH].c1ccc(-n2c3ccccc3c3c2c2ccccc2n3-c2ccccc2)cc1. The lowest BCUT2D eigenvalue weighted by Gasteiger charge is -2.09. The van der Waals surface area contributed by atoms with E-state index in [1.165, 1.54) is 77.1 Å². The average molecular weight is 1050 g/mol. The van der Waals surface area contributed by atoms with Crippen molar-refractivity contribution >= 4 is 126 Å². The Morgan fingerprint density at radius 1 is 0.279 bits per heavy atom. The molecule has 61 heavy (non-hydrogen) atoms. The minimum atomic E-state index is 0. The third-order valence-corrected chi connectivity index (χ3v) is 12.1. The van der Waals surface area contributed by atoms with Crippen molar-refractivity contribution in [3.05, 3.63) is 215 Å². The molecule has 0 saturated heterocycles. The number of aromatic nitrogens is 4. The van der Waals surface area contributed by atoms with Crippen LogP contribution in [-0.2, 0) is 0 Å². The average Bonchev–Trinajstić information content (AvgIpc) is 4.03. The molecule has 0 saturated carbocycles. The second-order valence-corrected chi connectivity index (χ2v) is 16.3. The molecule has 300 valence electrons. The van der Waals surface area contributed by atoms with Crippen LogP contribution in [0.15, 0.2) is 215 Å². The maximum absolute atomic E-state index is 3.68. The Bertz CT molecular complexity index is 3230. The summed E-state index contributed by atoms with van der Waals surface area (Å²) in [5, 5.41) is 4.99. The molecule has 0 amide bonds. The molecule has 8 aromatic carbocycles. The first kappa shape index (κ1) is 40.7. The first-order valence-corrected chi connectivity index (χ1v) is 24.8. The fraction of sp³-hybridized carbons (Fsp3) is 0.0189. The summed E-state index contributed by atoms with van der Waals surface area (Å²) in [7, 11) is 0. The van der Waals surface area contributed by atoms with Gasteiger partial charge in [0.2, 0.25) is 0 Å². The van der Waals surface area contributed by atoms with Gasteiger partial charge in [-0.1, -0.05) is 148 Å². The van der Waals surface area contributed by atoms with Crippen molar-refractivity contribution in [3.63, 3.8) is 0 Å². The minimum absolute atomic E-state index is 0. The van der Waals surface area contributed by atoms with Gasteiger partial charge in [0.1, 0.15) is 0 Å². The fourth-order valence-corrected chi connectivity index (χ4v) is 9.49. The molecule has 4 heterocycles. The summed E-state index contributed by atoms with van der Waals surface area (Å²) in [6.45, 7) is 0. The van der Waals surface area contributed by atoms with E-state index in [9.17, 15) is 0 Å². The van der Waals surface area contributed by atoms with Crippen LogP contribution >= 0.6 is 60.1 Å². The van der Waals surface area contributed by atoms with Gasteiger partial charge in [0, 0.05) is 82.9 Å². The van der Waals surface area contributed by atoms with E-state index >= 15 is 0 Å². The molecule has 4 nitrogen and oxygen atoms in total. The molecular formula is C53H40Br4N4. The summed E-state index contributed by atoms with van der Waals surface area (Å²) >= 11 is 12.9. The van der Waals surface area contributed by atoms with E-state index in [1.54, 1.807) is 0 Å². The topological polar surface area (TPSA) is 19.7 Å². The van der Waals surface area contributed by atoms with Crippen LogP contribution < -0.4 is 0 Å². The molecule has 0 aliphatic rings. The first-order valence-electron chi connectivity index (χ1n) is 19.5. The molecule has 0 spiro atoms. The molecule has 8 heteroatoms. The van der Waals surface area contributed by atoms with Crippen LogP contribution in [0.2, 0.25) is 0 Å². The van der Waals surface area contributed by atoms with Crippen LogP contribution in [0.4, 0.5) is 0 Å². The van der Waals surface area contributed by atoms with Crippen molar-refractivity contribution in [2.75, 3.05) is 0 Å². The summed E-state index contributed by atoms with van der Waals surface area (Å²) in [6, 6.07) is 73.0. The van der Waals surface area contributed by atoms with Crippen molar-refractivity contribution in [1.29, 1.82) is 0 Å². The Morgan fingerprint density at radius 2 is 0.525 bits per heavy atom. The largest absolute Gasteiger partial charge is 0.307 e. The highest BCUT2D eigenvalue weighted by atomic mass is 80.9. The molecule has 0 unspecified atom stereocenters. The maximum Gasteiger partial charge on any atom is 0.0803 e. The highest BCUT2D eigenvalue weighted by molar-refractivity contribution is 9.93. The molecule has 0 bridgehead atoms. The zero-order valence-corrected chi connectivity index (χ0v) is 38.3. The second-order valence-electron chi connectivity index (χ2n) is 14.4. The summed E-state index contributed by atoms with van der Waals surface area (Å²) in [4.78, 5) is 0. The molecule has 0 aliphatic carbocycles. The normalized spacial score (nSPS) is 11.1. The highest BCUT2D eigenvalue weighted by Crippen LogP contribution is 2.43. The number of hydrogen-bond acceptors (Lipinski definition) is 0. The number of benzene rings is 8. The molecule has 0 atom stereocenters. The molecule has 0 fully saturated rings. The van der Waals surface area contributed by atoms with E-state index in [0.717, 1.165) is 20.3 Å². The van der Waals surface area contributed by atoms with Crippen LogP contribution in [0.1, 0.15) is 8.85 Å². The number of nitrogens with zero attached hydrogens (tertiary/aromatic N) is 4. The van der Waals surface area contributed by atoms with Crippen LogP contribution in [0.5, 0.6) is 0 Å². The summed E-state index contributed by atoms with van der Waals surface area (Å²) in [6.07, 6.45) is 0. The number of halogens is 4. The lowest BCUT2D eigenvalue weighted by Crippen LogP contribution is -1.93. The lowest BCUT2D eigenvalue weighted by molar-refractivity contribution is 1.17. The lowest BCUT2D eigenvalue weighted by atomic mass is 10.2. The monoisotopic (exact) mass is 1050 g/mol. The Balaban J connectivity index is 0.000000160. The first-order chi connectivity index (χ1) is 29.7. The Kier molecular flexibility index (Phi) is 11.6. The van der Waals surface area contributed by atoms with Crippen molar-refractivity contribution in [3.8, 4) is 22.7 Å². The molecule has 12 aromatic rings. The zero-order chi connectivity index (χ0) is 40.7. The van der Waals surface area contributed by atoms with Gasteiger partial charge in [0.25, 0.3) is 0 Å². The van der Waals surface area contributed by atoms with Gasteiger partial charge in [-0.2, -0.15) is 0 Å². The van der Waals surface area contributed by atoms with E-state index in [-0.39, 0.29) is 8.85 Å². The molecular weight excluding hydrogens is 1010 g/mol. The van der Waals surface area contributed by atoms with Crippen LogP contribution in [-0.4, -0.2) is 18.3 Å². The van der Waals surface area contributed by atoms with Gasteiger partial charge in [0.15, 0.2) is 0 Å². The Hall–Kier alpha value is -5.64. The van der Waals surface area contributed by atoms with E-state index in [0.29, 0.717) is 0 Å². The van der Waals surface area contributed by atoms with Gasteiger partial charge >= 0.3 is 0 Å². The molecule has 0 N–H and O–H groups in total. The van der Waals surface area contributed by atoms with E-state index in [1.807, 2.05) is 0 Å². The van der Waals surface area contributed by atoms with Gasteiger partial charge in [-0.3, -0.25) is 0 Å². The predicted octanol–water partition coefficient (Wildman–Crippen LogP) is 17.6. The molecule has 0 radical (unpaired) electrons. The fourth-order valence-electron chi connectivity index (χ4n) is 8.80. The molecule has 0 aliphatic heterocycles. The predicted molar refractivity (Wildman–Crippen MR) is 277 cm³/mol. The van der Waals surface area contributed by atoms with Crippen molar-refractivity contribution in [2.45, 2.75) is 7.43 Å². The summed E-state index contributed by atoms with van der Waals surface area (Å²) in [5.74, 6) is 0. The highest BCUT2D eigenvalue weighted by Gasteiger charge is 2.23. The van der Waals surface area contributed by atoms with Crippen LogP contribution in [0.25, 0.3) is 88.4 Å². The Labute approximate surface area is 387 Å². The third-order valence-electron chi connectivity index (χ3n) is 11.1. The third kappa shape index (κ3) is 6.96. The van der Waals surface area contributed by atoms with Crippen LogP contribution in [0, 0.1) is 0 Å². The minimum Gasteiger partial charge on any atom is -0.307 e. The number of para-hydroxylation sites is 6. The zero-order valence-electron chi connectivity index (χ0n) is 31.9. The number of fused-ring (bicyclic) bond motifs is 10. The van der Waals surface area contributed by atoms with Gasteiger partial charge in [-0.25, -0.2) is 0 Å². The standard InChI is InChI=1S/C26H16Br2N2.C26H18N2.CH4.Br2.H2/c27-17-11-13-21-23(15-17)29(19-7-3-1-4-8-19)25-22-14-12-18(28)16-24(22)30(26(21)25)20-9-5-2-6-10-20;1-3-11-19(12-4-1)27-23-17-9-7-15-21(23)26-25(27)22-16-8-10-18-24(22)28(26)20-13-5-2-6-14-20;;1-2;/h1-16H;1-18H;1H4;;1H. The van der Waals surface area contributed by atoms with Gasteiger partial charge in [0.05, 0.1) is 44.1 Å². The van der Waals surface area contributed by atoms with Gasteiger partial charge in [-0.15, -0.1) is 0 Å². The maximum atomic E-state index is 3.68. The molecule has 12 rings (SSSR count). The molecule has 4 aromatic heterocycles. The van der Waals surface area contributed by atoms with Gasteiger partial charge in [-0.05, 0) is 97.1 Å². The van der Waals surface area contributed by atoms with Crippen LogP contribution in [0.3, 0.4) is 0 Å². The quantitative estimate of drug-likeness (QED) is 0.167. The number of rotatable bonds is 4. The van der Waals surface area contributed by atoms with Crippen molar-refractivity contribution < 1.29 is 1.43 Å². The van der Waals surface area contributed by atoms with Gasteiger partial charge < -0.3 is 18.3 Å². The van der Waals surface area contributed by atoms with E-state index in [2.05, 4.69) is 285 Å². The van der Waals surface area contributed by atoms with E-state index in [4.69, 9.17) is 0 Å². The number of hydrogen-bond donors (Lipinski definition) is 0. The van der Waals surface area contributed by atoms with E-state index < -0.39 is 0 Å². The summed E-state index contributed by atoms with van der Waals surface area (Å²) < 4.78 is 11.7.